The Morgan fingerprint density at radius 1 is 1.43 bits per heavy atom. The van der Waals surface area contributed by atoms with Crippen molar-refractivity contribution in [1.29, 1.82) is 0 Å². The first-order chi connectivity index (χ1) is 10.8. The molecule has 1 rings (SSSR count). The number of halogens is 1. The summed E-state index contributed by atoms with van der Waals surface area (Å²) in [5.41, 5.74) is 0. The molecule has 0 aliphatic carbocycles. The summed E-state index contributed by atoms with van der Waals surface area (Å²) in [6, 6.07) is -0.569. The molecule has 0 radical (unpaired) electrons. The number of carbonyl (C=O) groups is 1. The minimum absolute atomic E-state index is 0.0877. The Labute approximate surface area is 141 Å². The summed E-state index contributed by atoms with van der Waals surface area (Å²) >= 11 is 5.73. The van der Waals surface area contributed by atoms with Gasteiger partial charge in [-0.2, -0.15) is 8.99 Å². The lowest BCUT2D eigenvalue weighted by Gasteiger charge is -2.19. The van der Waals surface area contributed by atoms with E-state index in [1.54, 1.807) is 13.8 Å². The van der Waals surface area contributed by atoms with Gasteiger partial charge in [-0.05, 0) is 0 Å². The Kier molecular flexibility index (Phi) is 6.92. The number of rotatable bonds is 8. The van der Waals surface area contributed by atoms with Gasteiger partial charge in [-0.1, -0.05) is 38.1 Å². The second kappa shape index (κ2) is 8.23. The molecule has 128 valence electrons. The fraction of sp³-hybridized carbons (Fsp3) is 0.462. The summed E-state index contributed by atoms with van der Waals surface area (Å²) in [7, 11) is -3.82. The molecule has 1 aromatic rings. The number of aromatic nitrogens is 3. The average molecular weight is 362 g/mol. The summed E-state index contributed by atoms with van der Waals surface area (Å²) in [6.45, 7) is 11.4. The third-order valence-corrected chi connectivity index (χ3v) is 4.89. The molecular formula is C13H20ClN5O3S. The molecule has 8 nitrogen and oxygen atoms in total. The highest BCUT2D eigenvalue weighted by Crippen LogP contribution is 2.11. The molecule has 0 aliphatic heterocycles. The van der Waals surface area contributed by atoms with Gasteiger partial charge in [0.15, 0.2) is 0 Å². The third kappa shape index (κ3) is 4.63. The molecule has 1 heterocycles. The lowest BCUT2D eigenvalue weighted by molar-refractivity contribution is 0.206. The van der Waals surface area contributed by atoms with Crippen LogP contribution in [0.2, 0.25) is 0 Å². The molecule has 0 saturated carbocycles. The first-order valence-corrected chi connectivity index (χ1v) is 8.74. The Hall–Kier alpha value is -1.71. The van der Waals surface area contributed by atoms with E-state index in [9.17, 15) is 13.2 Å². The van der Waals surface area contributed by atoms with Crippen LogP contribution in [-0.2, 0) is 10.0 Å². The maximum atomic E-state index is 12.3. The highest BCUT2D eigenvalue weighted by Gasteiger charge is 2.27. The molecule has 23 heavy (non-hydrogen) atoms. The lowest BCUT2D eigenvalue weighted by Crippen LogP contribution is -2.36. The molecule has 10 heteroatoms. The molecule has 0 saturated heterocycles. The van der Waals surface area contributed by atoms with Crippen LogP contribution in [0.1, 0.15) is 13.8 Å². The predicted octanol–water partition coefficient (Wildman–Crippen LogP) is 1.52. The average Bonchev–Trinajstić information content (AvgIpc) is 2.97. The van der Waals surface area contributed by atoms with Crippen molar-refractivity contribution >= 4 is 27.7 Å². The van der Waals surface area contributed by atoms with Crippen LogP contribution in [0.5, 0.6) is 0 Å². The number of sulfonamides is 1. The zero-order valence-electron chi connectivity index (χ0n) is 13.1. The molecule has 0 bridgehead atoms. The zero-order chi connectivity index (χ0) is 17.6. The van der Waals surface area contributed by atoms with Crippen molar-refractivity contribution in [3.05, 3.63) is 30.6 Å². The Morgan fingerprint density at radius 3 is 2.52 bits per heavy atom. The summed E-state index contributed by atoms with van der Waals surface area (Å²) in [5.74, 6) is 0. The third-order valence-electron chi connectivity index (χ3n) is 2.93. The van der Waals surface area contributed by atoms with Gasteiger partial charge in [-0.25, -0.2) is 18.2 Å². The van der Waals surface area contributed by atoms with E-state index in [0.29, 0.717) is 0 Å². The van der Waals surface area contributed by atoms with Crippen LogP contribution in [0.4, 0.5) is 4.79 Å². The summed E-state index contributed by atoms with van der Waals surface area (Å²) in [4.78, 5) is 17.4. The number of nitrogens with zero attached hydrogens (tertiary/aromatic N) is 5. The van der Waals surface area contributed by atoms with Crippen molar-refractivity contribution in [2.24, 2.45) is 0 Å². The Morgan fingerprint density at radius 2 is 2.04 bits per heavy atom. The van der Waals surface area contributed by atoms with Crippen LogP contribution in [-0.4, -0.2) is 64.6 Å². The standard InChI is InChI=1S/C13H20ClN5O3S/c1-5-8-17(9-11(4)14)13(20)19-10-15-12(16-19)23(21,22)18(6-2)7-3/h5,10H,1,4,6-9H2,2-3H3. The normalized spacial score (nSPS) is 11.5. The molecule has 0 N–H and O–H groups in total. The molecule has 0 spiro atoms. The highest BCUT2D eigenvalue weighted by molar-refractivity contribution is 7.88. The highest BCUT2D eigenvalue weighted by atomic mass is 35.5. The van der Waals surface area contributed by atoms with Crippen LogP contribution in [0, 0.1) is 0 Å². The van der Waals surface area contributed by atoms with E-state index < -0.39 is 21.2 Å². The molecule has 1 aromatic heterocycles. The largest absolute Gasteiger partial charge is 0.346 e. The first kappa shape index (κ1) is 19.3. The SMILES string of the molecule is C=CCN(CC(=C)Cl)C(=O)n1cnc(S(=O)(=O)N(CC)CC)n1. The fourth-order valence-corrected chi connectivity index (χ4v) is 3.28. The van der Waals surface area contributed by atoms with E-state index in [1.807, 2.05) is 0 Å². The fourth-order valence-electron chi connectivity index (χ4n) is 1.86. The summed E-state index contributed by atoms with van der Waals surface area (Å²) in [5, 5.41) is 3.63. The predicted molar refractivity (Wildman–Crippen MR) is 87.7 cm³/mol. The molecule has 0 atom stereocenters. The zero-order valence-corrected chi connectivity index (χ0v) is 14.7. The van der Waals surface area contributed by atoms with Crippen LogP contribution in [0.25, 0.3) is 0 Å². The van der Waals surface area contributed by atoms with Crippen LogP contribution in [0.15, 0.2) is 35.7 Å². The van der Waals surface area contributed by atoms with Crippen molar-refractivity contribution in [3.63, 3.8) is 0 Å². The molecule has 0 aromatic carbocycles. The van der Waals surface area contributed by atoms with Gasteiger partial charge in [0, 0.05) is 24.7 Å². The Balaban J connectivity index is 3.08. The van der Waals surface area contributed by atoms with Crippen molar-refractivity contribution in [1.82, 2.24) is 24.0 Å². The second-order valence-electron chi connectivity index (χ2n) is 4.53. The van der Waals surface area contributed by atoms with Gasteiger partial charge in [-0.15, -0.1) is 11.7 Å². The van der Waals surface area contributed by atoms with E-state index in [4.69, 9.17) is 11.6 Å². The van der Waals surface area contributed by atoms with Crippen LogP contribution < -0.4 is 0 Å². The van der Waals surface area contributed by atoms with Crippen molar-refractivity contribution in [3.8, 4) is 0 Å². The lowest BCUT2D eigenvalue weighted by atomic mass is 10.4. The topological polar surface area (TPSA) is 88.4 Å². The summed E-state index contributed by atoms with van der Waals surface area (Å²) < 4.78 is 26.7. The van der Waals surface area contributed by atoms with Crippen LogP contribution >= 0.6 is 11.6 Å². The van der Waals surface area contributed by atoms with E-state index in [2.05, 4.69) is 23.2 Å². The van der Waals surface area contributed by atoms with Gasteiger partial charge in [-0.3, -0.25) is 0 Å². The maximum absolute atomic E-state index is 12.3. The van der Waals surface area contributed by atoms with Gasteiger partial charge >= 0.3 is 6.03 Å². The van der Waals surface area contributed by atoms with E-state index in [-0.39, 0.29) is 31.2 Å². The van der Waals surface area contributed by atoms with E-state index >= 15 is 0 Å². The minimum Gasteiger partial charge on any atom is -0.314 e. The van der Waals surface area contributed by atoms with Crippen LogP contribution in [0.3, 0.4) is 0 Å². The van der Waals surface area contributed by atoms with E-state index in [1.165, 1.54) is 15.3 Å². The van der Waals surface area contributed by atoms with Gasteiger partial charge in [0.1, 0.15) is 6.33 Å². The first-order valence-electron chi connectivity index (χ1n) is 6.93. The number of carbonyl (C=O) groups excluding carboxylic acids is 1. The number of amides is 1. The minimum atomic E-state index is -3.82. The number of hydrogen-bond donors (Lipinski definition) is 0. The quantitative estimate of drug-likeness (QED) is 0.655. The molecule has 0 fully saturated rings. The van der Waals surface area contributed by atoms with Gasteiger partial charge < -0.3 is 4.90 Å². The van der Waals surface area contributed by atoms with Gasteiger partial charge in [0.25, 0.3) is 15.2 Å². The van der Waals surface area contributed by atoms with Crippen molar-refractivity contribution in [2.45, 2.75) is 19.0 Å². The summed E-state index contributed by atoms with van der Waals surface area (Å²) in [6.07, 6.45) is 2.58. The Bertz CT molecular complexity index is 682. The molecule has 0 unspecified atom stereocenters. The molecule has 1 amide bonds. The number of hydrogen-bond acceptors (Lipinski definition) is 5. The van der Waals surface area contributed by atoms with Gasteiger partial charge in [0.05, 0.1) is 6.54 Å². The molecular weight excluding hydrogens is 342 g/mol. The van der Waals surface area contributed by atoms with Crippen molar-refractivity contribution < 1.29 is 13.2 Å². The monoisotopic (exact) mass is 361 g/mol. The van der Waals surface area contributed by atoms with Gasteiger partial charge in [0.2, 0.25) is 0 Å². The molecule has 0 aliphatic rings. The second-order valence-corrected chi connectivity index (χ2v) is 6.90. The smallest absolute Gasteiger partial charge is 0.314 e. The van der Waals surface area contributed by atoms with Crippen molar-refractivity contribution in [2.75, 3.05) is 26.2 Å². The maximum Gasteiger partial charge on any atom is 0.346 e. The van der Waals surface area contributed by atoms with E-state index in [0.717, 1.165) is 11.0 Å².